The zero-order valence-electron chi connectivity index (χ0n) is 8.73. The molecule has 2 aromatic rings. The second kappa shape index (κ2) is 4.31. The average Bonchev–Trinajstić information content (AvgIpc) is 2.74. The van der Waals surface area contributed by atoms with Crippen LogP contribution < -0.4 is 11.1 Å². The predicted octanol–water partition coefficient (Wildman–Crippen LogP) is 1.98. The molecule has 0 amide bonds. The molecule has 0 aliphatic heterocycles. The van der Waals surface area contributed by atoms with E-state index in [-0.39, 0.29) is 6.04 Å². The lowest BCUT2D eigenvalue weighted by atomic mass is 10.2. The van der Waals surface area contributed by atoms with E-state index in [1.165, 1.54) is 0 Å². The van der Waals surface area contributed by atoms with Gasteiger partial charge in [-0.3, -0.25) is 0 Å². The van der Waals surface area contributed by atoms with Crippen LogP contribution in [0.3, 0.4) is 0 Å². The smallest absolute Gasteiger partial charge is 0.139 e. The van der Waals surface area contributed by atoms with Crippen molar-refractivity contribution in [3.8, 4) is 0 Å². The fourth-order valence-corrected chi connectivity index (χ4v) is 1.41. The molecule has 80 valence electrons. The number of rotatable bonds is 4. The van der Waals surface area contributed by atoms with Crippen LogP contribution in [0.25, 0.3) is 11.0 Å². The van der Waals surface area contributed by atoms with Crippen molar-refractivity contribution in [1.29, 1.82) is 0 Å². The van der Waals surface area contributed by atoms with Crippen LogP contribution in [0.5, 0.6) is 0 Å². The van der Waals surface area contributed by atoms with Crippen molar-refractivity contribution in [3.05, 3.63) is 24.6 Å². The minimum atomic E-state index is 0.161. The summed E-state index contributed by atoms with van der Waals surface area (Å²) in [4.78, 5) is 4.26. The lowest BCUT2D eigenvalue weighted by molar-refractivity contribution is 0.615. The van der Waals surface area contributed by atoms with E-state index in [9.17, 15) is 0 Å². The maximum Gasteiger partial charge on any atom is 0.139 e. The van der Waals surface area contributed by atoms with Gasteiger partial charge in [0.2, 0.25) is 0 Å². The first-order valence-electron chi connectivity index (χ1n) is 5.13. The summed E-state index contributed by atoms with van der Waals surface area (Å²) in [6, 6.07) is 3.91. The van der Waals surface area contributed by atoms with Crippen molar-refractivity contribution < 1.29 is 4.42 Å². The van der Waals surface area contributed by atoms with Gasteiger partial charge in [-0.25, -0.2) is 4.98 Å². The predicted molar refractivity (Wildman–Crippen MR) is 60.8 cm³/mol. The van der Waals surface area contributed by atoms with Gasteiger partial charge in [0.25, 0.3) is 0 Å². The summed E-state index contributed by atoms with van der Waals surface area (Å²) in [5, 5.41) is 4.23. The summed E-state index contributed by atoms with van der Waals surface area (Å²) in [7, 11) is 0. The average molecular weight is 205 g/mol. The minimum Gasteiger partial charge on any atom is -0.464 e. The van der Waals surface area contributed by atoms with Gasteiger partial charge >= 0.3 is 0 Å². The van der Waals surface area contributed by atoms with E-state index in [0.717, 1.165) is 29.8 Å². The number of nitrogens with one attached hydrogen (secondary N) is 1. The normalized spacial score (nSPS) is 12.9. The molecule has 1 atom stereocenters. The third-order valence-electron chi connectivity index (χ3n) is 2.44. The van der Waals surface area contributed by atoms with E-state index in [1.807, 2.05) is 12.1 Å². The molecule has 0 spiro atoms. The molecule has 4 nitrogen and oxygen atoms in total. The fourth-order valence-electron chi connectivity index (χ4n) is 1.41. The van der Waals surface area contributed by atoms with Crippen LogP contribution in [-0.2, 0) is 0 Å². The van der Waals surface area contributed by atoms with Crippen molar-refractivity contribution in [3.63, 3.8) is 0 Å². The van der Waals surface area contributed by atoms with E-state index in [2.05, 4.69) is 17.2 Å². The van der Waals surface area contributed by atoms with Crippen molar-refractivity contribution in [2.75, 3.05) is 11.9 Å². The fraction of sp³-hybridized carbons (Fsp3) is 0.364. The maximum absolute atomic E-state index is 5.83. The highest BCUT2D eigenvalue weighted by Gasteiger charge is 2.05. The molecule has 15 heavy (non-hydrogen) atoms. The third kappa shape index (κ3) is 2.10. The van der Waals surface area contributed by atoms with Crippen molar-refractivity contribution in [1.82, 2.24) is 4.98 Å². The number of hydrogen-bond acceptors (Lipinski definition) is 4. The van der Waals surface area contributed by atoms with Gasteiger partial charge in [0.05, 0.1) is 11.6 Å². The monoisotopic (exact) mass is 205 g/mol. The van der Waals surface area contributed by atoms with Crippen LogP contribution in [0.15, 0.2) is 29.0 Å². The lowest BCUT2D eigenvalue weighted by Gasteiger charge is -2.10. The zero-order chi connectivity index (χ0) is 10.7. The first-order valence-corrected chi connectivity index (χ1v) is 5.13. The Bertz CT molecular complexity index is 438. The lowest BCUT2D eigenvalue weighted by Crippen LogP contribution is -2.28. The first-order chi connectivity index (χ1) is 7.31. The summed E-state index contributed by atoms with van der Waals surface area (Å²) < 4.78 is 5.28. The minimum absolute atomic E-state index is 0.161. The SMILES string of the molecule is CCC(N)CNc1nccc2occc12. The van der Waals surface area contributed by atoms with Crippen LogP contribution in [0, 0.1) is 0 Å². The van der Waals surface area contributed by atoms with Gasteiger partial charge in [-0.1, -0.05) is 6.92 Å². The van der Waals surface area contributed by atoms with E-state index in [1.54, 1.807) is 12.5 Å². The van der Waals surface area contributed by atoms with Crippen molar-refractivity contribution in [2.45, 2.75) is 19.4 Å². The van der Waals surface area contributed by atoms with Crippen LogP contribution in [-0.4, -0.2) is 17.6 Å². The van der Waals surface area contributed by atoms with Crippen molar-refractivity contribution in [2.24, 2.45) is 5.73 Å². The van der Waals surface area contributed by atoms with Gasteiger partial charge in [-0.2, -0.15) is 0 Å². The molecule has 2 heterocycles. The molecule has 0 radical (unpaired) electrons. The molecule has 2 rings (SSSR count). The number of furan rings is 1. The summed E-state index contributed by atoms with van der Waals surface area (Å²) in [6.45, 7) is 2.80. The van der Waals surface area contributed by atoms with E-state index < -0.39 is 0 Å². The van der Waals surface area contributed by atoms with Crippen LogP contribution in [0.2, 0.25) is 0 Å². The molecule has 0 fully saturated rings. The molecule has 0 aromatic carbocycles. The second-order valence-electron chi connectivity index (χ2n) is 3.54. The van der Waals surface area contributed by atoms with Crippen molar-refractivity contribution >= 4 is 16.8 Å². The standard InChI is InChI=1S/C11H15N3O/c1-2-8(12)7-14-11-9-4-6-15-10(9)3-5-13-11/h3-6,8H,2,7,12H2,1H3,(H,13,14). The second-order valence-corrected chi connectivity index (χ2v) is 3.54. The molecule has 0 aliphatic carbocycles. The summed E-state index contributed by atoms with van der Waals surface area (Å²) >= 11 is 0. The Labute approximate surface area is 88.5 Å². The van der Waals surface area contributed by atoms with E-state index >= 15 is 0 Å². The molecule has 4 heteroatoms. The topological polar surface area (TPSA) is 64.1 Å². The van der Waals surface area contributed by atoms with E-state index in [0.29, 0.717) is 0 Å². The first kappa shape index (κ1) is 9.98. The Hall–Kier alpha value is -1.55. The molecule has 0 saturated carbocycles. The quantitative estimate of drug-likeness (QED) is 0.801. The summed E-state index contributed by atoms with van der Waals surface area (Å²) in [6.07, 6.45) is 4.34. The van der Waals surface area contributed by atoms with Crippen LogP contribution >= 0.6 is 0 Å². The van der Waals surface area contributed by atoms with Gasteiger partial charge in [-0.15, -0.1) is 0 Å². The number of pyridine rings is 1. The Balaban J connectivity index is 2.17. The molecular weight excluding hydrogens is 190 g/mol. The number of hydrogen-bond donors (Lipinski definition) is 2. The van der Waals surface area contributed by atoms with Crippen LogP contribution in [0.4, 0.5) is 5.82 Å². The Morgan fingerprint density at radius 3 is 3.20 bits per heavy atom. The number of fused-ring (bicyclic) bond motifs is 1. The number of nitrogens with two attached hydrogens (primary N) is 1. The molecule has 1 unspecified atom stereocenters. The number of nitrogens with zero attached hydrogens (tertiary/aromatic N) is 1. The van der Waals surface area contributed by atoms with Gasteiger partial charge < -0.3 is 15.5 Å². The highest BCUT2D eigenvalue weighted by Crippen LogP contribution is 2.21. The van der Waals surface area contributed by atoms with Gasteiger partial charge in [0, 0.05) is 18.8 Å². The van der Waals surface area contributed by atoms with Gasteiger partial charge in [0.1, 0.15) is 11.4 Å². The summed E-state index contributed by atoms with van der Waals surface area (Å²) in [5.41, 5.74) is 6.67. The largest absolute Gasteiger partial charge is 0.464 e. The Morgan fingerprint density at radius 2 is 2.40 bits per heavy atom. The molecule has 0 saturated heterocycles. The highest BCUT2D eigenvalue weighted by molar-refractivity contribution is 5.87. The molecule has 0 aliphatic rings. The maximum atomic E-state index is 5.83. The zero-order valence-corrected chi connectivity index (χ0v) is 8.73. The van der Waals surface area contributed by atoms with Gasteiger partial charge in [-0.05, 0) is 18.6 Å². The molecular formula is C11H15N3O. The van der Waals surface area contributed by atoms with Crippen LogP contribution in [0.1, 0.15) is 13.3 Å². The van der Waals surface area contributed by atoms with Gasteiger partial charge in [0.15, 0.2) is 0 Å². The molecule has 0 bridgehead atoms. The Kier molecular flexibility index (Phi) is 2.87. The van der Waals surface area contributed by atoms with E-state index in [4.69, 9.17) is 10.2 Å². The third-order valence-corrected chi connectivity index (χ3v) is 2.44. The molecule has 3 N–H and O–H groups in total. The number of aromatic nitrogens is 1. The summed E-state index contributed by atoms with van der Waals surface area (Å²) in [5.74, 6) is 0.838. The highest BCUT2D eigenvalue weighted by atomic mass is 16.3. The number of anilines is 1. The Morgan fingerprint density at radius 1 is 1.53 bits per heavy atom. The molecule has 2 aromatic heterocycles.